The first-order valence-electron chi connectivity index (χ1n) is 3.77. The number of aliphatic hydroxyl groups excluding tert-OH is 3. The van der Waals surface area contributed by atoms with E-state index in [-0.39, 0.29) is 6.42 Å². The van der Waals surface area contributed by atoms with Gasteiger partial charge in [-0.1, -0.05) is 6.92 Å². The van der Waals surface area contributed by atoms with Crippen molar-refractivity contribution < 1.29 is 25.5 Å². The molecule has 0 bridgehead atoms. The quantitative estimate of drug-likeness (QED) is 0.331. The topological polar surface area (TPSA) is 101 Å². The molecule has 74 valence electrons. The first-order valence-corrected chi connectivity index (χ1v) is 3.77. The van der Waals surface area contributed by atoms with Crippen LogP contribution in [0.15, 0.2) is 0 Å². The Morgan fingerprint density at radius 3 is 1.25 bits per heavy atom. The van der Waals surface area contributed by atoms with Crippen LogP contribution in [0.3, 0.4) is 0 Å². The Labute approximate surface area is 70.9 Å². The van der Waals surface area contributed by atoms with Crippen molar-refractivity contribution in [1.29, 1.82) is 0 Å². The number of rotatable bonds is 5. The Balaban J connectivity index is 4.66. The van der Waals surface area contributed by atoms with Crippen LogP contribution in [0.2, 0.25) is 0 Å². The molecule has 0 fully saturated rings. The summed E-state index contributed by atoms with van der Waals surface area (Å²) < 4.78 is 0. The van der Waals surface area contributed by atoms with Gasteiger partial charge in [-0.05, 0) is 6.42 Å². The van der Waals surface area contributed by atoms with Gasteiger partial charge in [0.2, 0.25) is 0 Å². The number of hydrogen-bond acceptors (Lipinski definition) is 5. The predicted octanol–water partition coefficient (Wildman–Crippen LogP) is -2.16. The SMILES string of the molecule is CCC(O)(CO)C(O)(CO)CO. The minimum Gasteiger partial charge on any atom is -0.393 e. The van der Waals surface area contributed by atoms with Crippen molar-refractivity contribution in [3.8, 4) is 0 Å². The predicted molar refractivity (Wildman–Crippen MR) is 41.4 cm³/mol. The van der Waals surface area contributed by atoms with Crippen LogP contribution >= 0.6 is 0 Å². The number of hydrogen-bond donors (Lipinski definition) is 5. The molecule has 0 heterocycles. The average molecular weight is 180 g/mol. The maximum atomic E-state index is 9.53. The van der Waals surface area contributed by atoms with Crippen LogP contribution in [0.5, 0.6) is 0 Å². The lowest BCUT2D eigenvalue weighted by Gasteiger charge is -2.39. The van der Waals surface area contributed by atoms with Gasteiger partial charge >= 0.3 is 0 Å². The molecule has 0 saturated carbocycles. The second kappa shape index (κ2) is 4.15. The minimum absolute atomic E-state index is 0.0428. The molecule has 0 aromatic rings. The van der Waals surface area contributed by atoms with Gasteiger partial charge in [0, 0.05) is 0 Å². The van der Waals surface area contributed by atoms with Gasteiger partial charge in [0.25, 0.3) is 0 Å². The van der Waals surface area contributed by atoms with Crippen LogP contribution in [0.25, 0.3) is 0 Å². The van der Waals surface area contributed by atoms with Crippen molar-refractivity contribution in [3.63, 3.8) is 0 Å². The van der Waals surface area contributed by atoms with Crippen molar-refractivity contribution in [1.82, 2.24) is 0 Å². The Kier molecular flexibility index (Phi) is 4.09. The Hall–Kier alpha value is -0.200. The van der Waals surface area contributed by atoms with Crippen LogP contribution in [0, 0.1) is 0 Å². The third kappa shape index (κ3) is 1.75. The molecule has 1 unspecified atom stereocenters. The first kappa shape index (κ1) is 11.8. The van der Waals surface area contributed by atoms with E-state index in [0.717, 1.165) is 0 Å². The van der Waals surface area contributed by atoms with Crippen molar-refractivity contribution in [2.75, 3.05) is 19.8 Å². The van der Waals surface area contributed by atoms with E-state index in [1.165, 1.54) is 6.92 Å². The normalized spacial score (nSPS) is 17.5. The lowest BCUT2D eigenvalue weighted by atomic mass is 9.82. The summed E-state index contributed by atoms with van der Waals surface area (Å²) in [5.74, 6) is 0. The molecule has 0 radical (unpaired) electrons. The summed E-state index contributed by atoms with van der Waals surface area (Å²) >= 11 is 0. The van der Waals surface area contributed by atoms with Gasteiger partial charge in [-0.3, -0.25) is 0 Å². The molecule has 0 aromatic heterocycles. The molecule has 5 N–H and O–H groups in total. The van der Waals surface area contributed by atoms with Crippen molar-refractivity contribution in [2.45, 2.75) is 24.5 Å². The van der Waals surface area contributed by atoms with E-state index in [0.29, 0.717) is 0 Å². The standard InChI is InChI=1S/C7H16O5/c1-2-6(11,3-8)7(12,4-9)5-10/h8-12H,2-5H2,1H3. The Morgan fingerprint density at radius 1 is 0.833 bits per heavy atom. The zero-order chi connectivity index (χ0) is 9.83. The zero-order valence-corrected chi connectivity index (χ0v) is 7.06. The van der Waals surface area contributed by atoms with Crippen LogP contribution in [0.4, 0.5) is 0 Å². The molecule has 1 atom stereocenters. The summed E-state index contributed by atoms with van der Waals surface area (Å²) in [5.41, 5.74) is -3.90. The van der Waals surface area contributed by atoms with E-state index in [2.05, 4.69) is 0 Å². The number of aliphatic hydroxyl groups is 5. The van der Waals surface area contributed by atoms with Gasteiger partial charge in [0.1, 0.15) is 11.2 Å². The molecule has 0 aliphatic heterocycles. The molecule has 0 aliphatic rings. The second-order valence-corrected chi connectivity index (χ2v) is 2.89. The summed E-state index contributed by atoms with van der Waals surface area (Å²) in [5, 5.41) is 45.1. The maximum absolute atomic E-state index is 9.53. The van der Waals surface area contributed by atoms with E-state index in [1.54, 1.807) is 0 Å². The lowest BCUT2D eigenvalue weighted by Crippen LogP contribution is -2.61. The van der Waals surface area contributed by atoms with E-state index in [1.807, 2.05) is 0 Å². The largest absolute Gasteiger partial charge is 0.393 e. The lowest BCUT2D eigenvalue weighted by molar-refractivity contribution is -0.206. The van der Waals surface area contributed by atoms with Gasteiger partial charge in [-0.2, -0.15) is 0 Å². The van der Waals surface area contributed by atoms with Gasteiger partial charge in [-0.25, -0.2) is 0 Å². The van der Waals surface area contributed by atoms with Crippen LogP contribution in [0.1, 0.15) is 13.3 Å². The van der Waals surface area contributed by atoms with Gasteiger partial charge < -0.3 is 25.5 Å². The van der Waals surface area contributed by atoms with Crippen LogP contribution in [-0.2, 0) is 0 Å². The molecule has 0 aliphatic carbocycles. The highest BCUT2D eigenvalue weighted by Gasteiger charge is 2.47. The highest BCUT2D eigenvalue weighted by molar-refractivity contribution is 4.98. The van der Waals surface area contributed by atoms with Gasteiger partial charge in [0.15, 0.2) is 0 Å². The Morgan fingerprint density at radius 2 is 1.17 bits per heavy atom. The third-order valence-electron chi connectivity index (χ3n) is 2.24. The zero-order valence-electron chi connectivity index (χ0n) is 7.06. The molecule has 0 spiro atoms. The second-order valence-electron chi connectivity index (χ2n) is 2.89. The smallest absolute Gasteiger partial charge is 0.141 e. The monoisotopic (exact) mass is 180 g/mol. The molecule has 0 saturated heterocycles. The molecule has 0 aromatic carbocycles. The van der Waals surface area contributed by atoms with Crippen LogP contribution in [-0.4, -0.2) is 56.6 Å². The fraction of sp³-hybridized carbons (Fsp3) is 1.00. The minimum atomic E-state index is -2.05. The molecule has 12 heavy (non-hydrogen) atoms. The van der Waals surface area contributed by atoms with E-state index in [4.69, 9.17) is 15.3 Å². The summed E-state index contributed by atoms with van der Waals surface area (Å²) in [6.07, 6.45) is 0.0428. The van der Waals surface area contributed by atoms with Crippen LogP contribution < -0.4 is 0 Å². The maximum Gasteiger partial charge on any atom is 0.141 e. The highest BCUT2D eigenvalue weighted by atomic mass is 16.4. The summed E-state index contributed by atoms with van der Waals surface area (Å²) in [6.45, 7) is -0.767. The molecular weight excluding hydrogens is 164 g/mol. The third-order valence-corrected chi connectivity index (χ3v) is 2.24. The fourth-order valence-electron chi connectivity index (χ4n) is 0.932. The molecule has 5 nitrogen and oxygen atoms in total. The van der Waals surface area contributed by atoms with E-state index in [9.17, 15) is 10.2 Å². The molecular formula is C7H16O5. The van der Waals surface area contributed by atoms with Gasteiger partial charge in [-0.15, -0.1) is 0 Å². The first-order chi connectivity index (χ1) is 5.49. The molecule has 0 amide bonds. The van der Waals surface area contributed by atoms with E-state index < -0.39 is 31.0 Å². The van der Waals surface area contributed by atoms with Crippen molar-refractivity contribution in [3.05, 3.63) is 0 Å². The van der Waals surface area contributed by atoms with Crippen molar-refractivity contribution >= 4 is 0 Å². The van der Waals surface area contributed by atoms with Crippen molar-refractivity contribution in [2.24, 2.45) is 0 Å². The van der Waals surface area contributed by atoms with E-state index >= 15 is 0 Å². The Bertz CT molecular complexity index is 112. The summed E-state index contributed by atoms with van der Waals surface area (Å²) in [4.78, 5) is 0. The van der Waals surface area contributed by atoms with Gasteiger partial charge in [0.05, 0.1) is 19.8 Å². The summed E-state index contributed by atoms with van der Waals surface area (Å²) in [7, 11) is 0. The molecule has 5 heteroatoms. The molecule has 0 rings (SSSR count). The summed E-state index contributed by atoms with van der Waals surface area (Å²) in [6, 6.07) is 0. The average Bonchev–Trinajstić information content (AvgIpc) is 2.15. The fourth-order valence-corrected chi connectivity index (χ4v) is 0.932. The highest BCUT2D eigenvalue weighted by Crippen LogP contribution is 2.24.